The maximum atomic E-state index is 11.8. The van der Waals surface area contributed by atoms with Gasteiger partial charge in [-0.3, -0.25) is 4.79 Å². The number of halogens is 2. The van der Waals surface area contributed by atoms with Crippen molar-refractivity contribution in [3.05, 3.63) is 28.8 Å². The third-order valence-corrected chi connectivity index (χ3v) is 3.58. The summed E-state index contributed by atoms with van der Waals surface area (Å²) in [4.78, 5) is 11.6. The van der Waals surface area contributed by atoms with Gasteiger partial charge in [-0.1, -0.05) is 47.4 Å². The second-order valence-electron chi connectivity index (χ2n) is 4.20. The molecule has 0 aromatic heterocycles. The summed E-state index contributed by atoms with van der Waals surface area (Å²) in [5, 5.41) is 0.571. The molecule has 0 aliphatic carbocycles. The lowest BCUT2D eigenvalue weighted by atomic mass is 10.0. The number of ketones is 1. The highest BCUT2D eigenvalue weighted by Gasteiger charge is 2.18. The quantitative estimate of drug-likeness (QED) is 0.770. The van der Waals surface area contributed by atoms with E-state index >= 15 is 0 Å². The first-order valence-corrected chi connectivity index (χ1v) is 6.75. The van der Waals surface area contributed by atoms with Crippen molar-refractivity contribution < 1.29 is 9.53 Å². The van der Waals surface area contributed by atoms with E-state index in [4.69, 9.17) is 16.3 Å². The van der Waals surface area contributed by atoms with Crippen LogP contribution in [0.25, 0.3) is 0 Å². The summed E-state index contributed by atoms with van der Waals surface area (Å²) in [6.07, 6.45) is 0.640. The largest absolute Gasteiger partial charge is 0.495 e. The highest BCUT2D eigenvalue weighted by atomic mass is 79.9. The predicted octanol–water partition coefficient (Wildman–Crippen LogP) is 3.88. The average Bonchev–Trinajstić information content (AvgIpc) is 2.28. The lowest BCUT2D eigenvalue weighted by molar-refractivity contribution is -0.121. The Morgan fingerprint density at radius 2 is 2.12 bits per heavy atom. The number of alkyl halides is 1. The molecular formula is C13H16BrClO2. The zero-order valence-corrected chi connectivity index (χ0v) is 12.5. The maximum Gasteiger partial charge on any atom is 0.149 e. The first kappa shape index (κ1) is 14.5. The molecule has 1 aromatic carbocycles. The molecular weight excluding hydrogens is 303 g/mol. The number of carbonyl (C=O) groups excluding carboxylic acids is 1. The van der Waals surface area contributed by atoms with Crippen molar-refractivity contribution in [3.63, 3.8) is 0 Å². The van der Waals surface area contributed by atoms with E-state index < -0.39 is 0 Å². The van der Waals surface area contributed by atoms with Gasteiger partial charge in [0.25, 0.3) is 0 Å². The fourth-order valence-corrected chi connectivity index (χ4v) is 2.69. The van der Waals surface area contributed by atoms with Gasteiger partial charge in [-0.2, -0.15) is 0 Å². The number of methoxy groups -OCH3 is 1. The van der Waals surface area contributed by atoms with E-state index in [-0.39, 0.29) is 16.5 Å². The highest BCUT2D eigenvalue weighted by molar-refractivity contribution is 9.10. The van der Waals surface area contributed by atoms with Crippen LogP contribution in [0.1, 0.15) is 19.4 Å². The zero-order chi connectivity index (χ0) is 13.0. The summed E-state index contributed by atoms with van der Waals surface area (Å²) in [5.41, 5.74) is 1.02. The van der Waals surface area contributed by atoms with Crippen LogP contribution in [0.3, 0.4) is 0 Å². The molecule has 0 aliphatic rings. The Balaban J connectivity index is 2.75. The molecule has 0 saturated heterocycles. The Labute approximate surface area is 115 Å². The summed E-state index contributed by atoms with van der Waals surface area (Å²) in [7, 11) is 1.58. The molecule has 94 valence electrons. The van der Waals surface area contributed by atoms with Crippen LogP contribution in [-0.4, -0.2) is 17.7 Å². The molecule has 0 fully saturated rings. The maximum absolute atomic E-state index is 11.8. The topological polar surface area (TPSA) is 26.3 Å². The van der Waals surface area contributed by atoms with E-state index in [2.05, 4.69) is 15.9 Å². The van der Waals surface area contributed by atoms with E-state index in [1.165, 1.54) is 0 Å². The molecule has 0 aliphatic heterocycles. The van der Waals surface area contributed by atoms with E-state index in [1.54, 1.807) is 7.11 Å². The van der Waals surface area contributed by atoms with Crippen LogP contribution in [0.15, 0.2) is 18.2 Å². The van der Waals surface area contributed by atoms with Gasteiger partial charge < -0.3 is 4.74 Å². The Bertz CT molecular complexity index is 404. The Morgan fingerprint density at radius 1 is 1.47 bits per heavy atom. The molecule has 0 saturated carbocycles. The molecule has 2 nitrogen and oxygen atoms in total. The van der Waals surface area contributed by atoms with Crippen molar-refractivity contribution in [1.82, 2.24) is 0 Å². The lowest BCUT2D eigenvalue weighted by Crippen LogP contribution is -2.21. The van der Waals surface area contributed by atoms with Crippen molar-refractivity contribution >= 4 is 33.3 Å². The third kappa shape index (κ3) is 4.00. The van der Waals surface area contributed by atoms with Gasteiger partial charge in [-0.05, 0) is 24.1 Å². The summed E-state index contributed by atoms with van der Waals surface area (Å²) < 4.78 is 5.08. The molecule has 0 N–H and O–H groups in total. The fraction of sp³-hybridized carbons (Fsp3) is 0.462. The number of hydrogen-bond acceptors (Lipinski definition) is 2. The van der Waals surface area contributed by atoms with Gasteiger partial charge >= 0.3 is 0 Å². The minimum atomic E-state index is -0.160. The molecule has 1 unspecified atom stereocenters. The Morgan fingerprint density at radius 3 is 2.59 bits per heavy atom. The van der Waals surface area contributed by atoms with Gasteiger partial charge in [-0.15, -0.1) is 0 Å². The Kier molecular flexibility index (Phi) is 5.47. The molecule has 4 heteroatoms. The predicted molar refractivity (Wildman–Crippen MR) is 74.3 cm³/mol. The van der Waals surface area contributed by atoms with Crippen molar-refractivity contribution in [2.75, 3.05) is 7.11 Å². The van der Waals surface area contributed by atoms with Crippen LogP contribution in [0, 0.1) is 5.92 Å². The summed E-state index contributed by atoms with van der Waals surface area (Å²) >= 11 is 9.45. The van der Waals surface area contributed by atoms with E-state index in [0.717, 1.165) is 5.56 Å². The van der Waals surface area contributed by atoms with Gasteiger partial charge in [-0.25, -0.2) is 0 Å². The first-order chi connectivity index (χ1) is 7.95. The fourth-order valence-electron chi connectivity index (χ4n) is 1.51. The second kappa shape index (κ2) is 6.41. The standard InChI is InChI=1S/C13H16BrClO2/c1-8(2)13(16)10(14)6-9-4-5-12(17-3)11(15)7-9/h4-5,7-8,10H,6H2,1-3H3. The molecule has 0 bridgehead atoms. The van der Waals surface area contributed by atoms with Crippen molar-refractivity contribution in [2.45, 2.75) is 25.1 Å². The molecule has 17 heavy (non-hydrogen) atoms. The number of carbonyl (C=O) groups is 1. The molecule has 1 aromatic rings. The monoisotopic (exact) mass is 318 g/mol. The number of benzene rings is 1. The van der Waals surface area contributed by atoms with Crippen LogP contribution < -0.4 is 4.74 Å². The minimum absolute atomic E-state index is 0.0353. The average molecular weight is 320 g/mol. The van der Waals surface area contributed by atoms with Crippen LogP contribution in [0.2, 0.25) is 5.02 Å². The van der Waals surface area contributed by atoms with E-state index in [0.29, 0.717) is 17.2 Å². The SMILES string of the molecule is COc1ccc(CC(Br)C(=O)C(C)C)cc1Cl. The third-order valence-electron chi connectivity index (χ3n) is 2.51. The van der Waals surface area contributed by atoms with E-state index in [1.807, 2.05) is 32.0 Å². The molecule has 0 radical (unpaired) electrons. The minimum Gasteiger partial charge on any atom is -0.495 e. The first-order valence-electron chi connectivity index (χ1n) is 5.46. The number of ether oxygens (including phenoxy) is 1. The van der Waals surface area contributed by atoms with Crippen LogP contribution in [-0.2, 0) is 11.2 Å². The van der Waals surface area contributed by atoms with E-state index in [9.17, 15) is 4.79 Å². The van der Waals surface area contributed by atoms with Gasteiger partial charge in [0, 0.05) is 5.92 Å². The summed E-state index contributed by atoms with van der Waals surface area (Å²) in [5.74, 6) is 0.891. The summed E-state index contributed by atoms with van der Waals surface area (Å²) in [6, 6.07) is 5.58. The molecule has 1 rings (SSSR count). The second-order valence-corrected chi connectivity index (χ2v) is 5.71. The van der Waals surface area contributed by atoms with Gasteiger partial charge in [0.15, 0.2) is 0 Å². The van der Waals surface area contributed by atoms with Crippen LogP contribution in [0.4, 0.5) is 0 Å². The Hall–Kier alpha value is -0.540. The lowest BCUT2D eigenvalue weighted by Gasteiger charge is -2.12. The molecule has 0 amide bonds. The van der Waals surface area contributed by atoms with Gasteiger partial charge in [0.2, 0.25) is 0 Å². The van der Waals surface area contributed by atoms with Crippen molar-refractivity contribution in [2.24, 2.45) is 5.92 Å². The van der Waals surface area contributed by atoms with Crippen LogP contribution in [0.5, 0.6) is 5.75 Å². The smallest absolute Gasteiger partial charge is 0.149 e. The normalized spacial score (nSPS) is 12.6. The summed E-state index contributed by atoms with van der Waals surface area (Å²) in [6.45, 7) is 3.80. The number of rotatable bonds is 5. The van der Waals surface area contributed by atoms with Gasteiger partial charge in [0.05, 0.1) is 17.0 Å². The number of Topliss-reactive ketones (excluding diaryl/α,β-unsaturated/α-hetero) is 1. The van der Waals surface area contributed by atoms with Crippen molar-refractivity contribution in [3.8, 4) is 5.75 Å². The number of hydrogen-bond donors (Lipinski definition) is 0. The zero-order valence-electron chi connectivity index (χ0n) is 10.2. The molecule has 0 spiro atoms. The highest BCUT2D eigenvalue weighted by Crippen LogP contribution is 2.26. The van der Waals surface area contributed by atoms with Crippen molar-refractivity contribution in [1.29, 1.82) is 0 Å². The van der Waals surface area contributed by atoms with Gasteiger partial charge in [0.1, 0.15) is 11.5 Å². The van der Waals surface area contributed by atoms with Crippen LogP contribution >= 0.6 is 27.5 Å². The molecule has 0 heterocycles. The molecule has 1 atom stereocenters.